The highest BCUT2D eigenvalue weighted by Crippen LogP contribution is 2.17. The standard InChI is InChI=1S/C11H13N3O/c1-8-7-13-11(15-8)9(2)14-10-3-5-12-6-4-10/h3-7,9H,1-2H3,(H,12,14). The first-order valence-corrected chi connectivity index (χ1v) is 4.84. The molecule has 1 N–H and O–H groups in total. The maximum Gasteiger partial charge on any atom is 0.216 e. The summed E-state index contributed by atoms with van der Waals surface area (Å²) in [7, 11) is 0. The van der Waals surface area contributed by atoms with E-state index in [9.17, 15) is 0 Å². The molecule has 0 fully saturated rings. The van der Waals surface area contributed by atoms with E-state index in [1.165, 1.54) is 0 Å². The number of aromatic nitrogens is 2. The van der Waals surface area contributed by atoms with Crippen molar-refractivity contribution in [1.29, 1.82) is 0 Å². The van der Waals surface area contributed by atoms with Crippen LogP contribution in [0.1, 0.15) is 24.6 Å². The summed E-state index contributed by atoms with van der Waals surface area (Å²) in [5.41, 5.74) is 1.01. The minimum atomic E-state index is 0.0566. The highest BCUT2D eigenvalue weighted by atomic mass is 16.4. The Hall–Kier alpha value is -1.84. The van der Waals surface area contributed by atoms with Crippen molar-refractivity contribution in [1.82, 2.24) is 9.97 Å². The maximum atomic E-state index is 5.43. The average molecular weight is 203 g/mol. The lowest BCUT2D eigenvalue weighted by molar-refractivity contribution is 0.453. The molecule has 0 saturated carbocycles. The highest BCUT2D eigenvalue weighted by molar-refractivity contribution is 5.42. The van der Waals surface area contributed by atoms with E-state index in [4.69, 9.17) is 4.42 Å². The van der Waals surface area contributed by atoms with Crippen LogP contribution in [-0.4, -0.2) is 9.97 Å². The quantitative estimate of drug-likeness (QED) is 0.832. The van der Waals surface area contributed by atoms with Gasteiger partial charge in [0, 0.05) is 18.1 Å². The van der Waals surface area contributed by atoms with Crippen molar-refractivity contribution < 1.29 is 4.42 Å². The first-order valence-electron chi connectivity index (χ1n) is 4.84. The van der Waals surface area contributed by atoms with E-state index in [0.29, 0.717) is 5.89 Å². The second kappa shape index (κ2) is 4.13. The van der Waals surface area contributed by atoms with E-state index in [-0.39, 0.29) is 6.04 Å². The van der Waals surface area contributed by atoms with E-state index in [1.807, 2.05) is 26.0 Å². The fourth-order valence-electron chi connectivity index (χ4n) is 1.33. The smallest absolute Gasteiger partial charge is 0.216 e. The zero-order valence-electron chi connectivity index (χ0n) is 8.77. The molecule has 2 rings (SSSR count). The van der Waals surface area contributed by atoms with Gasteiger partial charge in [-0.3, -0.25) is 4.98 Å². The van der Waals surface area contributed by atoms with Crippen LogP contribution in [0.25, 0.3) is 0 Å². The first-order chi connectivity index (χ1) is 7.25. The van der Waals surface area contributed by atoms with Gasteiger partial charge in [0.2, 0.25) is 5.89 Å². The number of pyridine rings is 1. The summed E-state index contributed by atoms with van der Waals surface area (Å²) < 4.78 is 5.43. The van der Waals surface area contributed by atoms with Crippen LogP contribution in [-0.2, 0) is 0 Å². The van der Waals surface area contributed by atoms with Gasteiger partial charge in [-0.25, -0.2) is 4.98 Å². The number of rotatable bonds is 3. The van der Waals surface area contributed by atoms with E-state index in [1.54, 1.807) is 18.6 Å². The van der Waals surface area contributed by atoms with Crippen molar-refractivity contribution in [2.24, 2.45) is 0 Å². The SMILES string of the molecule is Cc1cnc(C(C)Nc2ccncc2)o1. The van der Waals surface area contributed by atoms with Crippen molar-refractivity contribution in [2.75, 3.05) is 5.32 Å². The van der Waals surface area contributed by atoms with Crippen molar-refractivity contribution in [3.8, 4) is 0 Å². The molecule has 15 heavy (non-hydrogen) atoms. The van der Waals surface area contributed by atoms with Gasteiger partial charge in [0.15, 0.2) is 0 Å². The number of aryl methyl sites for hydroxylation is 1. The third kappa shape index (κ3) is 2.34. The van der Waals surface area contributed by atoms with E-state index < -0.39 is 0 Å². The van der Waals surface area contributed by atoms with Gasteiger partial charge in [0.05, 0.1) is 6.20 Å². The van der Waals surface area contributed by atoms with Crippen LogP contribution >= 0.6 is 0 Å². The monoisotopic (exact) mass is 203 g/mol. The summed E-state index contributed by atoms with van der Waals surface area (Å²) in [6.45, 7) is 3.89. The van der Waals surface area contributed by atoms with Gasteiger partial charge >= 0.3 is 0 Å². The Labute approximate surface area is 88.4 Å². The molecule has 0 spiro atoms. The number of hydrogen-bond donors (Lipinski definition) is 1. The highest BCUT2D eigenvalue weighted by Gasteiger charge is 2.10. The van der Waals surface area contributed by atoms with Gasteiger partial charge in [-0.15, -0.1) is 0 Å². The summed E-state index contributed by atoms with van der Waals surface area (Å²) in [5.74, 6) is 1.53. The molecule has 4 nitrogen and oxygen atoms in total. The van der Waals surface area contributed by atoms with Gasteiger partial charge in [0.25, 0.3) is 0 Å². The number of oxazole rings is 1. The summed E-state index contributed by atoms with van der Waals surface area (Å²) in [4.78, 5) is 8.12. The third-order valence-corrected chi connectivity index (χ3v) is 2.07. The summed E-state index contributed by atoms with van der Waals surface area (Å²) >= 11 is 0. The summed E-state index contributed by atoms with van der Waals surface area (Å²) in [6.07, 6.45) is 5.21. The van der Waals surface area contributed by atoms with Crippen LogP contribution in [0.4, 0.5) is 5.69 Å². The Morgan fingerprint density at radius 3 is 2.67 bits per heavy atom. The van der Waals surface area contributed by atoms with Crippen LogP contribution in [0.5, 0.6) is 0 Å². The predicted molar refractivity (Wildman–Crippen MR) is 57.5 cm³/mol. The van der Waals surface area contributed by atoms with Crippen LogP contribution in [0.15, 0.2) is 35.1 Å². The predicted octanol–water partition coefficient (Wildman–Crippen LogP) is 2.55. The molecule has 4 heteroatoms. The molecule has 0 aliphatic heterocycles. The number of nitrogens with one attached hydrogen (secondary N) is 1. The number of nitrogens with zero attached hydrogens (tertiary/aromatic N) is 2. The van der Waals surface area contributed by atoms with Gasteiger partial charge in [-0.2, -0.15) is 0 Å². The van der Waals surface area contributed by atoms with E-state index >= 15 is 0 Å². The molecular formula is C11H13N3O. The minimum Gasteiger partial charge on any atom is -0.444 e. The summed E-state index contributed by atoms with van der Waals surface area (Å²) in [6, 6.07) is 3.87. The van der Waals surface area contributed by atoms with E-state index in [0.717, 1.165) is 11.4 Å². The maximum absolute atomic E-state index is 5.43. The molecule has 2 aromatic rings. The van der Waals surface area contributed by atoms with Gasteiger partial charge < -0.3 is 9.73 Å². The Balaban J connectivity index is 2.07. The molecule has 1 unspecified atom stereocenters. The fraction of sp³-hybridized carbons (Fsp3) is 0.273. The fourth-order valence-corrected chi connectivity index (χ4v) is 1.33. The lowest BCUT2D eigenvalue weighted by atomic mass is 10.3. The molecule has 0 aliphatic rings. The van der Waals surface area contributed by atoms with Crippen molar-refractivity contribution in [2.45, 2.75) is 19.9 Å². The molecule has 78 valence electrons. The Bertz CT molecular complexity index is 424. The van der Waals surface area contributed by atoms with Crippen LogP contribution < -0.4 is 5.32 Å². The largest absolute Gasteiger partial charge is 0.444 e. The van der Waals surface area contributed by atoms with Crippen LogP contribution in [0.3, 0.4) is 0 Å². The third-order valence-electron chi connectivity index (χ3n) is 2.07. The normalized spacial score (nSPS) is 12.4. The molecule has 2 aromatic heterocycles. The minimum absolute atomic E-state index is 0.0566. The molecule has 0 bridgehead atoms. The molecule has 2 heterocycles. The lowest BCUT2D eigenvalue weighted by Gasteiger charge is -2.10. The van der Waals surface area contributed by atoms with Crippen molar-refractivity contribution >= 4 is 5.69 Å². The van der Waals surface area contributed by atoms with Crippen molar-refractivity contribution in [3.63, 3.8) is 0 Å². The molecule has 0 aliphatic carbocycles. The molecule has 1 atom stereocenters. The van der Waals surface area contributed by atoms with Crippen LogP contribution in [0.2, 0.25) is 0 Å². The second-order valence-corrected chi connectivity index (χ2v) is 3.41. The topological polar surface area (TPSA) is 51.0 Å². The van der Waals surface area contributed by atoms with Crippen molar-refractivity contribution in [3.05, 3.63) is 42.4 Å². The second-order valence-electron chi connectivity index (χ2n) is 3.41. The molecule has 0 saturated heterocycles. The van der Waals surface area contributed by atoms with E-state index in [2.05, 4.69) is 15.3 Å². The number of hydrogen-bond acceptors (Lipinski definition) is 4. The zero-order chi connectivity index (χ0) is 10.7. The zero-order valence-corrected chi connectivity index (χ0v) is 8.77. The molecule has 0 radical (unpaired) electrons. The average Bonchev–Trinajstić information content (AvgIpc) is 2.66. The number of anilines is 1. The Morgan fingerprint density at radius 1 is 1.33 bits per heavy atom. The Morgan fingerprint density at radius 2 is 2.07 bits per heavy atom. The Kier molecular flexibility index (Phi) is 2.67. The molecule has 0 amide bonds. The van der Waals surface area contributed by atoms with Gasteiger partial charge in [-0.05, 0) is 26.0 Å². The lowest BCUT2D eigenvalue weighted by Crippen LogP contribution is -2.06. The molecular weight excluding hydrogens is 190 g/mol. The van der Waals surface area contributed by atoms with Gasteiger partial charge in [-0.1, -0.05) is 0 Å². The summed E-state index contributed by atoms with van der Waals surface area (Å²) in [5, 5.41) is 3.28. The van der Waals surface area contributed by atoms with Crippen LogP contribution in [0, 0.1) is 6.92 Å². The van der Waals surface area contributed by atoms with Gasteiger partial charge in [0.1, 0.15) is 11.8 Å². The molecule has 0 aromatic carbocycles. The first kappa shape index (κ1) is 9.71.